The average molecular weight is 458 g/mol. The van der Waals surface area contributed by atoms with Gasteiger partial charge in [0.15, 0.2) is 5.82 Å². The summed E-state index contributed by atoms with van der Waals surface area (Å²) in [6.45, 7) is 7.76. The molecule has 5 rings (SSSR count). The number of hydrogen-bond acceptors (Lipinski definition) is 6. The summed E-state index contributed by atoms with van der Waals surface area (Å²) >= 11 is 0. The Hall–Kier alpha value is -3.71. The van der Waals surface area contributed by atoms with Crippen LogP contribution in [0, 0.1) is 0 Å². The first-order valence-corrected chi connectivity index (χ1v) is 11.7. The molecule has 2 N–H and O–H groups in total. The van der Waals surface area contributed by atoms with Crippen molar-refractivity contribution >= 4 is 28.1 Å². The maximum atomic E-state index is 5.42. The Morgan fingerprint density at radius 3 is 2.21 bits per heavy atom. The smallest absolute Gasteiger partial charge is 0.160 e. The molecule has 34 heavy (non-hydrogen) atoms. The molecule has 0 aliphatic carbocycles. The van der Waals surface area contributed by atoms with Crippen LogP contribution in [-0.4, -0.2) is 62.0 Å². The molecule has 1 saturated heterocycles. The molecule has 0 radical (unpaired) electrons. The maximum absolute atomic E-state index is 5.42. The molecule has 1 aliphatic heterocycles. The minimum absolute atomic E-state index is 0.761. The van der Waals surface area contributed by atoms with Crippen molar-refractivity contribution in [3.63, 3.8) is 0 Å². The molecule has 3 aromatic carbocycles. The monoisotopic (exact) mass is 457 g/mol. The number of benzene rings is 3. The van der Waals surface area contributed by atoms with Gasteiger partial charge in [-0.15, -0.1) is 0 Å². The molecule has 0 bridgehead atoms. The lowest BCUT2D eigenvalue weighted by atomic mass is 10.0. The highest BCUT2D eigenvalue weighted by Gasteiger charge is 2.16. The van der Waals surface area contributed by atoms with Gasteiger partial charge in [-0.2, -0.15) is 5.10 Å². The summed E-state index contributed by atoms with van der Waals surface area (Å²) in [6, 6.07) is 20.8. The molecule has 4 aromatic rings. The topological polar surface area (TPSA) is 65.7 Å². The van der Waals surface area contributed by atoms with E-state index >= 15 is 0 Å². The van der Waals surface area contributed by atoms with Crippen LogP contribution < -0.4 is 19.7 Å². The standard InChI is InChI=1S/C27H31N5O2/c1-4-31-11-13-32(14-12-31)22-8-6-21(7-9-22)28-27-25-10-5-19(17-26(25)29-30-27)20-15-23(33-2)18-24(16-20)34-3/h5-10,15-18H,4,11-14H2,1-3H3,(H2,28,29,30). The number of fused-ring (bicyclic) bond motifs is 1. The van der Waals surface area contributed by atoms with Crippen molar-refractivity contribution in [1.82, 2.24) is 15.1 Å². The minimum atomic E-state index is 0.761. The second-order valence-electron chi connectivity index (χ2n) is 8.53. The minimum Gasteiger partial charge on any atom is -0.497 e. The number of anilines is 3. The molecule has 0 spiro atoms. The Labute approximate surface area is 200 Å². The number of ether oxygens (including phenoxy) is 2. The fourth-order valence-corrected chi connectivity index (χ4v) is 4.48. The summed E-state index contributed by atoms with van der Waals surface area (Å²) in [5.41, 5.74) is 5.34. The highest BCUT2D eigenvalue weighted by molar-refractivity contribution is 5.94. The molecule has 1 aromatic heterocycles. The van der Waals surface area contributed by atoms with Crippen molar-refractivity contribution in [3.8, 4) is 22.6 Å². The van der Waals surface area contributed by atoms with Crippen LogP contribution in [0.3, 0.4) is 0 Å². The first-order chi connectivity index (χ1) is 16.7. The second kappa shape index (κ2) is 9.65. The SMILES string of the molecule is CCN1CCN(c2ccc(Nc3n[nH]c4cc(-c5cc(OC)cc(OC)c5)ccc34)cc2)CC1. The zero-order valence-corrected chi connectivity index (χ0v) is 20.0. The van der Waals surface area contributed by atoms with E-state index in [0.29, 0.717) is 0 Å². The van der Waals surface area contributed by atoms with Gasteiger partial charge in [-0.25, -0.2) is 0 Å². The first kappa shape index (κ1) is 22.1. The predicted octanol–water partition coefficient (Wildman–Crippen LogP) is 5.13. The summed E-state index contributed by atoms with van der Waals surface area (Å²) in [5.74, 6) is 2.34. The molecule has 0 saturated carbocycles. The number of aromatic amines is 1. The van der Waals surface area contributed by atoms with E-state index in [4.69, 9.17) is 9.47 Å². The van der Waals surface area contributed by atoms with Crippen molar-refractivity contribution in [2.75, 3.05) is 57.2 Å². The van der Waals surface area contributed by atoms with E-state index in [9.17, 15) is 0 Å². The van der Waals surface area contributed by atoms with E-state index < -0.39 is 0 Å². The van der Waals surface area contributed by atoms with Gasteiger partial charge < -0.3 is 24.6 Å². The third-order valence-corrected chi connectivity index (χ3v) is 6.56. The summed E-state index contributed by atoms with van der Waals surface area (Å²) in [5, 5.41) is 12.2. The molecule has 1 fully saturated rings. The molecule has 0 atom stereocenters. The highest BCUT2D eigenvalue weighted by atomic mass is 16.5. The van der Waals surface area contributed by atoms with Gasteiger partial charge in [-0.3, -0.25) is 5.10 Å². The molecule has 7 heteroatoms. The van der Waals surface area contributed by atoms with Crippen molar-refractivity contribution in [1.29, 1.82) is 0 Å². The molecule has 0 amide bonds. The lowest BCUT2D eigenvalue weighted by Crippen LogP contribution is -2.46. The van der Waals surface area contributed by atoms with Gasteiger partial charge in [0.05, 0.1) is 19.7 Å². The number of hydrogen-bond donors (Lipinski definition) is 2. The molecular weight excluding hydrogens is 426 g/mol. The third kappa shape index (κ3) is 4.52. The van der Waals surface area contributed by atoms with E-state index in [1.807, 2.05) is 18.2 Å². The number of nitrogens with zero attached hydrogens (tertiary/aromatic N) is 3. The fourth-order valence-electron chi connectivity index (χ4n) is 4.48. The molecular formula is C27H31N5O2. The number of nitrogens with one attached hydrogen (secondary N) is 2. The van der Waals surface area contributed by atoms with Crippen molar-refractivity contribution < 1.29 is 9.47 Å². The Balaban J connectivity index is 1.33. The van der Waals surface area contributed by atoms with Gasteiger partial charge in [0.25, 0.3) is 0 Å². The van der Waals surface area contributed by atoms with E-state index in [-0.39, 0.29) is 0 Å². The van der Waals surface area contributed by atoms with Gasteiger partial charge in [0.1, 0.15) is 11.5 Å². The number of rotatable bonds is 7. The van der Waals surface area contributed by atoms with Gasteiger partial charge in [0, 0.05) is 49.0 Å². The molecule has 2 heterocycles. The summed E-state index contributed by atoms with van der Waals surface area (Å²) in [4.78, 5) is 4.94. The van der Waals surface area contributed by atoms with E-state index in [1.54, 1.807) is 14.2 Å². The van der Waals surface area contributed by atoms with Crippen LogP contribution in [0.5, 0.6) is 11.5 Å². The molecule has 7 nitrogen and oxygen atoms in total. The number of methoxy groups -OCH3 is 2. The van der Waals surface area contributed by atoms with Crippen LogP contribution in [-0.2, 0) is 0 Å². The Bertz CT molecular complexity index is 1240. The van der Waals surface area contributed by atoms with Gasteiger partial charge >= 0.3 is 0 Å². The number of piperazine rings is 1. The van der Waals surface area contributed by atoms with E-state index in [1.165, 1.54) is 5.69 Å². The summed E-state index contributed by atoms with van der Waals surface area (Å²) in [6.07, 6.45) is 0. The summed E-state index contributed by atoms with van der Waals surface area (Å²) < 4.78 is 10.8. The van der Waals surface area contributed by atoms with Gasteiger partial charge in [-0.1, -0.05) is 13.0 Å². The van der Waals surface area contributed by atoms with Crippen molar-refractivity contribution in [3.05, 3.63) is 60.7 Å². The van der Waals surface area contributed by atoms with Crippen molar-refractivity contribution in [2.24, 2.45) is 0 Å². The third-order valence-electron chi connectivity index (χ3n) is 6.56. The average Bonchev–Trinajstić information content (AvgIpc) is 3.30. The zero-order valence-electron chi connectivity index (χ0n) is 20.0. The van der Waals surface area contributed by atoms with Crippen LogP contribution in [0.15, 0.2) is 60.7 Å². The van der Waals surface area contributed by atoms with Crippen LogP contribution in [0.2, 0.25) is 0 Å². The molecule has 176 valence electrons. The Morgan fingerprint density at radius 2 is 1.56 bits per heavy atom. The van der Waals surface area contributed by atoms with Gasteiger partial charge in [-0.05, 0) is 66.2 Å². The van der Waals surface area contributed by atoms with Crippen LogP contribution in [0.4, 0.5) is 17.2 Å². The van der Waals surface area contributed by atoms with Crippen molar-refractivity contribution in [2.45, 2.75) is 6.92 Å². The maximum Gasteiger partial charge on any atom is 0.160 e. The Kier molecular flexibility index (Phi) is 6.27. The van der Waals surface area contributed by atoms with Crippen LogP contribution in [0.25, 0.3) is 22.0 Å². The quantitative estimate of drug-likeness (QED) is 0.401. The number of H-pyrrole nitrogens is 1. The summed E-state index contributed by atoms with van der Waals surface area (Å²) in [7, 11) is 3.32. The largest absolute Gasteiger partial charge is 0.497 e. The lowest BCUT2D eigenvalue weighted by Gasteiger charge is -2.35. The first-order valence-electron chi connectivity index (χ1n) is 11.7. The Morgan fingerprint density at radius 1 is 0.853 bits per heavy atom. The number of aromatic nitrogens is 2. The van der Waals surface area contributed by atoms with E-state index in [2.05, 4.69) is 74.7 Å². The lowest BCUT2D eigenvalue weighted by molar-refractivity contribution is 0.271. The second-order valence-corrected chi connectivity index (χ2v) is 8.53. The van der Waals surface area contributed by atoms with Gasteiger partial charge in [0.2, 0.25) is 0 Å². The molecule has 1 aliphatic rings. The predicted molar refractivity (Wildman–Crippen MR) is 139 cm³/mol. The number of likely N-dealkylation sites (N-methyl/N-ethyl adjacent to an activating group) is 1. The fraction of sp³-hybridized carbons (Fsp3) is 0.296. The normalized spacial score (nSPS) is 14.4. The molecule has 0 unspecified atom stereocenters. The highest BCUT2D eigenvalue weighted by Crippen LogP contribution is 2.33. The van der Waals surface area contributed by atoms with Crippen LogP contribution >= 0.6 is 0 Å². The van der Waals surface area contributed by atoms with Crippen LogP contribution in [0.1, 0.15) is 6.92 Å². The zero-order chi connectivity index (χ0) is 23.5. The van der Waals surface area contributed by atoms with E-state index in [0.717, 1.165) is 77.8 Å².